The molecule has 0 amide bonds. The molecule has 0 aliphatic carbocycles. The summed E-state index contributed by atoms with van der Waals surface area (Å²) in [5.74, 6) is -0.712. The van der Waals surface area contributed by atoms with Crippen molar-refractivity contribution in [3.8, 4) is 5.75 Å². The summed E-state index contributed by atoms with van der Waals surface area (Å²) in [5.41, 5.74) is 1.72. The zero-order chi connectivity index (χ0) is 25.3. The number of carbonyl (C=O) groups excluding carboxylic acids is 1. The molecule has 0 bridgehead atoms. The minimum Gasteiger partial charge on any atom is -0.506 e. The third-order valence-corrected chi connectivity index (χ3v) is 6.74. The van der Waals surface area contributed by atoms with Crippen molar-refractivity contribution in [1.82, 2.24) is 14.1 Å². The van der Waals surface area contributed by atoms with Crippen LogP contribution in [0.5, 0.6) is 5.75 Å². The zero-order valence-corrected chi connectivity index (χ0v) is 21.0. The van der Waals surface area contributed by atoms with Gasteiger partial charge in [-0.15, -0.1) is 0 Å². The Morgan fingerprint density at radius 2 is 2.03 bits per heavy atom. The maximum atomic E-state index is 13.3. The Morgan fingerprint density at radius 1 is 1.31 bits per heavy atom. The van der Waals surface area contributed by atoms with E-state index in [4.69, 9.17) is 4.74 Å². The highest BCUT2D eigenvalue weighted by atomic mass is 79.9. The molecule has 2 aromatic heterocycles. The number of nitro benzene ring substituents is 1. The van der Waals surface area contributed by atoms with Crippen molar-refractivity contribution in [3.05, 3.63) is 86.0 Å². The second-order valence-corrected chi connectivity index (χ2v) is 8.96. The number of imidazole rings is 1. The van der Waals surface area contributed by atoms with Gasteiger partial charge in [-0.2, -0.15) is 0 Å². The minimum absolute atomic E-state index is 0.0550. The lowest BCUT2D eigenvalue weighted by Crippen LogP contribution is -2.15. The maximum absolute atomic E-state index is 13.3. The van der Waals surface area contributed by atoms with Crippen LogP contribution in [-0.4, -0.2) is 45.8 Å². The van der Waals surface area contributed by atoms with E-state index in [0.29, 0.717) is 26.5 Å². The largest absolute Gasteiger partial charge is 0.506 e. The fourth-order valence-corrected chi connectivity index (χ4v) is 4.98. The Hall–Kier alpha value is -3.77. The number of ether oxygens (including phenoxy) is 1. The number of phenolic OH excluding ortho intramolecular Hbond substituents is 1. The molecule has 180 valence electrons. The summed E-state index contributed by atoms with van der Waals surface area (Å²) >= 11 is 3.55. The van der Waals surface area contributed by atoms with Crippen molar-refractivity contribution in [2.45, 2.75) is 13.5 Å². The van der Waals surface area contributed by atoms with Crippen molar-refractivity contribution in [3.63, 3.8) is 0 Å². The summed E-state index contributed by atoms with van der Waals surface area (Å²) in [7, 11) is 1.70. The van der Waals surface area contributed by atoms with Crippen molar-refractivity contribution >= 4 is 54.6 Å². The zero-order valence-electron chi connectivity index (χ0n) is 18.6. The van der Waals surface area contributed by atoms with Gasteiger partial charge >= 0.3 is 5.97 Å². The molecule has 4 rings (SSSR count). The number of nitrogens with zero attached hydrogens (tertiary/aromatic N) is 4. The average molecular weight is 559 g/mol. The second kappa shape index (κ2) is 9.84. The predicted octanol–water partition coefficient (Wildman–Crippen LogP) is 3.76. The molecule has 2 heterocycles. The van der Waals surface area contributed by atoms with E-state index in [1.807, 2.05) is 0 Å². The van der Waals surface area contributed by atoms with E-state index in [9.17, 15) is 24.2 Å². The van der Waals surface area contributed by atoms with Gasteiger partial charge in [-0.3, -0.25) is 10.1 Å². The second-order valence-electron chi connectivity index (χ2n) is 7.53. The van der Waals surface area contributed by atoms with Gasteiger partial charge in [-0.1, -0.05) is 0 Å². The van der Waals surface area contributed by atoms with Crippen LogP contribution in [0.2, 0.25) is 0 Å². The Labute approximate surface area is 211 Å². The molecule has 35 heavy (non-hydrogen) atoms. The minimum atomic E-state index is -0.657. The molecule has 0 unspecified atom stereocenters. The molecule has 0 fully saturated rings. The number of aromatic nitrogens is 3. The summed E-state index contributed by atoms with van der Waals surface area (Å²) in [5, 5.41) is 22.5. The number of phenols is 1. The Kier molecular flexibility index (Phi) is 6.85. The van der Waals surface area contributed by atoms with Crippen LogP contribution >= 0.6 is 15.9 Å². The van der Waals surface area contributed by atoms with E-state index < -0.39 is 10.9 Å². The number of fused-ring (bicyclic) bond motifs is 1. The number of hydrogen-bond acceptors (Lipinski definition) is 7. The molecule has 0 spiro atoms. The fourth-order valence-electron chi connectivity index (χ4n) is 3.97. The molecule has 0 radical (unpaired) electrons. The maximum Gasteiger partial charge on any atom is 0.341 e. The van der Waals surface area contributed by atoms with E-state index in [1.165, 1.54) is 24.3 Å². The molecule has 2 aromatic carbocycles. The van der Waals surface area contributed by atoms with Crippen LogP contribution in [0.1, 0.15) is 34.1 Å². The van der Waals surface area contributed by atoms with Crippen molar-refractivity contribution in [1.29, 1.82) is 0 Å². The summed E-state index contributed by atoms with van der Waals surface area (Å²) in [6, 6.07) is 7.18. The Morgan fingerprint density at radius 3 is 2.60 bits per heavy atom. The Bertz CT molecular complexity index is 1510. The number of carbonyl (C=O) groups is 1. The van der Waals surface area contributed by atoms with E-state index >= 15 is 0 Å². The first-order valence-electron chi connectivity index (χ1n) is 10.4. The number of aryl methyl sites for hydroxylation is 1. The van der Waals surface area contributed by atoms with Gasteiger partial charge in [0.05, 0.1) is 61.8 Å². The smallest absolute Gasteiger partial charge is 0.341 e. The average Bonchev–Trinajstić information content (AvgIpc) is 3.45. The van der Waals surface area contributed by atoms with Crippen molar-refractivity contribution in [2.24, 2.45) is 7.05 Å². The summed E-state index contributed by atoms with van der Waals surface area (Å²) < 4.78 is 21.6. The predicted molar refractivity (Wildman–Crippen MR) is 134 cm³/mol. The van der Waals surface area contributed by atoms with E-state index in [2.05, 4.69) is 20.9 Å². The van der Waals surface area contributed by atoms with Gasteiger partial charge in [0.2, 0.25) is 0 Å². The number of benzene rings is 2. The lowest BCUT2D eigenvalue weighted by atomic mass is 10.0. The highest BCUT2D eigenvalue weighted by molar-refractivity contribution is 9.10. The van der Waals surface area contributed by atoms with Crippen LogP contribution in [0.4, 0.5) is 5.69 Å². The summed E-state index contributed by atoms with van der Waals surface area (Å²) in [6.45, 7) is 1.98. The van der Waals surface area contributed by atoms with Crippen LogP contribution < -0.4 is 0 Å². The number of rotatable bonds is 7. The summed E-state index contributed by atoms with van der Waals surface area (Å²) in [4.78, 5) is 28.0. The first-order chi connectivity index (χ1) is 16.8. The number of non-ortho nitro benzene ring substituents is 1. The molecule has 10 nitrogen and oxygen atoms in total. The van der Waals surface area contributed by atoms with Gasteiger partial charge in [0.15, 0.2) is 0 Å². The van der Waals surface area contributed by atoms with Crippen molar-refractivity contribution < 1.29 is 23.8 Å². The highest BCUT2D eigenvalue weighted by Crippen LogP contribution is 2.40. The lowest BCUT2D eigenvalue weighted by molar-refractivity contribution is -0.384. The number of nitro groups is 1. The van der Waals surface area contributed by atoms with Gasteiger partial charge in [0, 0.05) is 42.5 Å². The number of halogens is 1. The number of esters is 1. The molecule has 12 heteroatoms. The third-order valence-electron chi connectivity index (χ3n) is 5.54. The van der Waals surface area contributed by atoms with Crippen LogP contribution in [0.25, 0.3) is 10.9 Å². The molecule has 0 atom stereocenters. The molecular weight excluding hydrogens is 540 g/mol. The topological polar surface area (TPSA) is 129 Å². The van der Waals surface area contributed by atoms with E-state index in [0.717, 1.165) is 0 Å². The van der Waals surface area contributed by atoms with E-state index in [1.54, 1.807) is 47.9 Å². The van der Waals surface area contributed by atoms with Gasteiger partial charge < -0.3 is 19.0 Å². The van der Waals surface area contributed by atoms with Crippen LogP contribution in [0.3, 0.4) is 0 Å². The first-order valence-corrected chi connectivity index (χ1v) is 11.9. The quantitative estimate of drug-likeness (QED) is 0.120. The van der Waals surface area contributed by atoms with Gasteiger partial charge in [0.1, 0.15) is 5.75 Å². The molecule has 1 N–H and O–H groups in total. The van der Waals surface area contributed by atoms with Crippen molar-refractivity contribution in [2.75, 3.05) is 6.61 Å². The van der Waals surface area contributed by atoms with Crippen LogP contribution in [0.15, 0.2) is 53.5 Å². The molecule has 4 aromatic rings. The standard InChI is InChI=1S/C23H19BrN4O6S/c1-3-34-23(30)19-18-15(11-27-9-8-25-12-27)21(29)16(24)10-17(18)26(2)20(19)22(35-33)13-4-6-14(7-5-13)28(31)32/h4-10,12,29H,3,11H2,1-2H3. The van der Waals surface area contributed by atoms with Crippen LogP contribution in [-0.2, 0) is 29.6 Å². The van der Waals surface area contributed by atoms with Gasteiger partial charge in [0.25, 0.3) is 5.69 Å². The lowest BCUT2D eigenvalue weighted by Gasteiger charge is -2.11. The van der Waals surface area contributed by atoms with Gasteiger partial charge in [-0.25, -0.2) is 14.0 Å². The first kappa shape index (κ1) is 24.4. The molecule has 0 aliphatic heterocycles. The third kappa shape index (κ3) is 4.37. The van der Waals surface area contributed by atoms with Gasteiger partial charge in [-0.05, 0) is 46.6 Å². The molecule has 0 saturated carbocycles. The number of aromatic hydroxyl groups is 1. The molecule has 0 saturated heterocycles. The normalized spacial score (nSPS) is 10.9. The SMILES string of the molecule is CCOC(=O)c1c(C(=S=O)c2ccc([N+](=O)[O-])cc2)n(C)c2cc(Br)c(O)c(Cn3ccnc3)c12. The van der Waals surface area contributed by atoms with E-state index in [-0.39, 0.29) is 52.0 Å². The Balaban J connectivity index is 2.06. The number of hydrogen-bond donors (Lipinski definition) is 1. The van der Waals surface area contributed by atoms with Crippen LogP contribution in [0, 0.1) is 10.1 Å². The fraction of sp³-hybridized carbons (Fsp3) is 0.174. The molecular formula is C23H19BrN4O6S. The highest BCUT2D eigenvalue weighted by Gasteiger charge is 2.30. The monoisotopic (exact) mass is 558 g/mol. The molecule has 0 aliphatic rings. The summed E-state index contributed by atoms with van der Waals surface area (Å²) in [6.07, 6.45) is 4.91.